The number of carbonyl (C=O) groups is 1. The summed E-state index contributed by atoms with van der Waals surface area (Å²) in [6, 6.07) is 2.97. The van der Waals surface area contributed by atoms with Crippen LogP contribution in [0, 0.1) is 12.8 Å². The van der Waals surface area contributed by atoms with Gasteiger partial charge < -0.3 is 5.32 Å². The molecule has 1 fully saturated rings. The van der Waals surface area contributed by atoms with E-state index in [4.69, 9.17) is 0 Å². The maximum Gasteiger partial charge on any atom is 0.418 e. The Morgan fingerprint density at radius 2 is 1.93 bits per heavy atom. The second-order valence-corrected chi connectivity index (χ2v) is 8.74. The summed E-state index contributed by atoms with van der Waals surface area (Å²) in [7, 11) is 0. The van der Waals surface area contributed by atoms with Crippen molar-refractivity contribution < 1.29 is 18.0 Å². The Bertz CT molecular complexity index is 772. The van der Waals surface area contributed by atoms with Crippen molar-refractivity contribution in [3.63, 3.8) is 0 Å². The van der Waals surface area contributed by atoms with Gasteiger partial charge in [-0.1, -0.05) is 11.6 Å². The van der Waals surface area contributed by atoms with Crippen molar-refractivity contribution in [3.05, 3.63) is 28.8 Å². The summed E-state index contributed by atoms with van der Waals surface area (Å²) < 4.78 is 39.8. The minimum absolute atomic E-state index is 0.00291. The van der Waals surface area contributed by atoms with Gasteiger partial charge in [-0.15, -0.1) is 0 Å². The van der Waals surface area contributed by atoms with E-state index in [9.17, 15) is 18.0 Å². The number of benzene rings is 1. The zero-order valence-electron chi connectivity index (χ0n) is 16.2. The van der Waals surface area contributed by atoms with E-state index >= 15 is 0 Å². The Kier molecular flexibility index (Phi) is 5.10. The number of aryl methyl sites for hydroxylation is 1. The molecule has 1 amide bonds. The third-order valence-electron chi connectivity index (χ3n) is 4.74. The minimum atomic E-state index is -4.39. The first-order valence-corrected chi connectivity index (χ1v) is 9.21. The summed E-state index contributed by atoms with van der Waals surface area (Å²) in [6.07, 6.45) is -3.22. The number of carbonyl (C=O) groups excluding carboxylic acids is 1. The summed E-state index contributed by atoms with van der Waals surface area (Å²) >= 11 is 0. The van der Waals surface area contributed by atoms with Crippen LogP contribution in [0.3, 0.4) is 0 Å². The molecule has 2 heterocycles. The van der Waals surface area contributed by atoms with Crippen LogP contribution in [-0.4, -0.2) is 41.7 Å². The number of rotatable bonds is 4. The van der Waals surface area contributed by atoms with E-state index in [-0.39, 0.29) is 17.1 Å². The second kappa shape index (κ2) is 6.93. The van der Waals surface area contributed by atoms with Crippen LogP contribution in [0.5, 0.6) is 0 Å². The Morgan fingerprint density at radius 1 is 1.26 bits per heavy atom. The van der Waals surface area contributed by atoms with Gasteiger partial charge in [0, 0.05) is 30.8 Å². The fourth-order valence-corrected chi connectivity index (χ4v) is 3.80. The summed E-state index contributed by atoms with van der Waals surface area (Å²) in [6.45, 7) is 9.41. The highest BCUT2D eigenvalue weighted by molar-refractivity contribution is 5.95. The molecule has 0 radical (unpaired) electrons. The maximum absolute atomic E-state index is 13.3. The van der Waals surface area contributed by atoms with E-state index in [0.29, 0.717) is 36.4 Å². The SMILES string of the molecule is Cc1cc2c(c(C(F)(F)F)c1)N=C(CC1CN(CC(=O)NC(C)(C)C)C1)C2. The summed E-state index contributed by atoms with van der Waals surface area (Å²) in [5.41, 5.74) is 1.28. The molecular formula is C20H26F3N3O. The second-order valence-electron chi connectivity index (χ2n) is 8.74. The van der Waals surface area contributed by atoms with Gasteiger partial charge >= 0.3 is 6.18 Å². The van der Waals surface area contributed by atoms with E-state index in [0.717, 1.165) is 18.8 Å². The lowest BCUT2D eigenvalue weighted by atomic mass is 9.92. The van der Waals surface area contributed by atoms with E-state index in [1.165, 1.54) is 6.07 Å². The van der Waals surface area contributed by atoms with Crippen molar-refractivity contribution in [3.8, 4) is 0 Å². The maximum atomic E-state index is 13.3. The van der Waals surface area contributed by atoms with Crippen LogP contribution >= 0.6 is 0 Å². The number of nitrogens with zero attached hydrogens (tertiary/aromatic N) is 2. The fourth-order valence-electron chi connectivity index (χ4n) is 3.80. The Hall–Kier alpha value is -1.89. The highest BCUT2D eigenvalue weighted by Gasteiger charge is 2.37. The van der Waals surface area contributed by atoms with Crippen LogP contribution in [0.1, 0.15) is 43.9 Å². The lowest BCUT2D eigenvalue weighted by Gasteiger charge is -2.39. The first-order valence-electron chi connectivity index (χ1n) is 9.21. The minimum Gasteiger partial charge on any atom is -0.350 e. The number of aliphatic imine (C=N–C) groups is 1. The molecular weight excluding hydrogens is 355 g/mol. The van der Waals surface area contributed by atoms with Crippen molar-refractivity contribution in [1.29, 1.82) is 0 Å². The van der Waals surface area contributed by atoms with E-state index in [1.807, 2.05) is 20.8 Å². The Morgan fingerprint density at radius 3 is 2.52 bits per heavy atom. The van der Waals surface area contributed by atoms with Crippen molar-refractivity contribution in [2.24, 2.45) is 10.9 Å². The summed E-state index contributed by atoms with van der Waals surface area (Å²) in [4.78, 5) is 18.3. The van der Waals surface area contributed by atoms with Gasteiger partial charge in [-0.05, 0) is 51.7 Å². The van der Waals surface area contributed by atoms with Crippen molar-refractivity contribution in [1.82, 2.24) is 10.2 Å². The van der Waals surface area contributed by atoms with Crippen LogP contribution in [0.2, 0.25) is 0 Å². The summed E-state index contributed by atoms with van der Waals surface area (Å²) in [5.74, 6) is 0.341. The molecule has 2 aliphatic heterocycles. The molecule has 0 spiro atoms. The molecule has 0 bridgehead atoms. The van der Waals surface area contributed by atoms with Crippen molar-refractivity contribution in [2.45, 2.75) is 52.3 Å². The van der Waals surface area contributed by atoms with Gasteiger partial charge in [-0.2, -0.15) is 13.2 Å². The predicted molar refractivity (Wildman–Crippen MR) is 99.4 cm³/mol. The fraction of sp³-hybridized carbons (Fsp3) is 0.600. The third-order valence-corrected chi connectivity index (χ3v) is 4.74. The quantitative estimate of drug-likeness (QED) is 0.860. The molecule has 0 saturated carbocycles. The van der Waals surface area contributed by atoms with E-state index in [2.05, 4.69) is 15.2 Å². The smallest absolute Gasteiger partial charge is 0.350 e. The standard InChI is InChI=1S/C20H26F3N3O/c1-12-5-14-8-15(24-18(14)16(6-12)20(21,22)23)7-13-9-26(10-13)11-17(27)25-19(2,3)4/h5-6,13H,7-11H2,1-4H3,(H,25,27). The lowest BCUT2D eigenvalue weighted by Crippen LogP contribution is -2.53. The number of halogens is 3. The van der Waals surface area contributed by atoms with E-state index in [1.54, 1.807) is 13.0 Å². The number of likely N-dealkylation sites (tertiary alicyclic amines) is 1. The summed E-state index contributed by atoms with van der Waals surface area (Å²) in [5, 5.41) is 2.93. The molecule has 0 unspecified atom stereocenters. The molecule has 1 aromatic carbocycles. The van der Waals surface area contributed by atoms with Gasteiger partial charge in [0.1, 0.15) is 0 Å². The van der Waals surface area contributed by atoms with Gasteiger partial charge in [0.2, 0.25) is 5.91 Å². The molecule has 4 nitrogen and oxygen atoms in total. The number of hydrogen-bond acceptors (Lipinski definition) is 3. The first-order chi connectivity index (χ1) is 12.4. The molecule has 0 aromatic heterocycles. The normalized spacial score (nSPS) is 18.1. The zero-order valence-corrected chi connectivity index (χ0v) is 16.2. The average molecular weight is 381 g/mol. The molecule has 2 aliphatic rings. The topological polar surface area (TPSA) is 44.7 Å². The number of nitrogens with one attached hydrogen (secondary N) is 1. The molecule has 0 aliphatic carbocycles. The van der Waals surface area contributed by atoms with Gasteiger partial charge in [-0.25, -0.2) is 0 Å². The largest absolute Gasteiger partial charge is 0.418 e. The highest BCUT2D eigenvalue weighted by atomic mass is 19.4. The van der Waals surface area contributed by atoms with Crippen LogP contribution < -0.4 is 5.32 Å². The first kappa shape index (κ1) is 19.9. The lowest BCUT2D eigenvalue weighted by molar-refractivity contribution is -0.137. The molecule has 1 aromatic rings. The third kappa shape index (κ3) is 4.89. The number of hydrogen-bond donors (Lipinski definition) is 1. The molecule has 0 atom stereocenters. The molecule has 148 valence electrons. The molecule has 7 heteroatoms. The monoisotopic (exact) mass is 381 g/mol. The van der Waals surface area contributed by atoms with Crippen LogP contribution in [0.15, 0.2) is 17.1 Å². The van der Waals surface area contributed by atoms with Gasteiger partial charge in [0.05, 0.1) is 17.8 Å². The number of fused-ring (bicyclic) bond motifs is 1. The van der Waals surface area contributed by atoms with Crippen LogP contribution in [-0.2, 0) is 17.4 Å². The molecule has 3 rings (SSSR count). The molecule has 1 saturated heterocycles. The molecule has 1 N–H and O–H groups in total. The zero-order chi connectivity index (χ0) is 20.0. The van der Waals surface area contributed by atoms with Crippen molar-refractivity contribution in [2.75, 3.05) is 19.6 Å². The van der Waals surface area contributed by atoms with Crippen LogP contribution in [0.4, 0.5) is 18.9 Å². The molecule has 27 heavy (non-hydrogen) atoms. The number of alkyl halides is 3. The Labute approximate surface area is 157 Å². The van der Waals surface area contributed by atoms with Gasteiger partial charge in [-0.3, -0.25) is 14.7 Å². The average Bonchev–Trinajstić information content (AvgIpc) is 2.83. The van der Waals surface area contributed by atoms with Crippen LogP contribution in [0.25, 0.3) is 0 Å². The van der Waals surface area contributed by atoms with Gasteiger partial charge in [0.25, 0.3) is 0 Å². The van der Waals surface area contributed by atoms with Crippen molar-refractivity contribution >= 4 is 17.3 Å². The predicted octanol–water partition coefficient (Wildman–Crippen LogP) is 3.88. The highest BCUT2D eigenvalue weighted by Crippen LogP contribution is 2.42. The van der Waals surface area contributed by atoms with E-state index < -0.39 is 11.7 Å². The number of amides is 1. The Balaban J connectivity index is 1.56. The van der Waals surface area contributed by atoms with Gasteiger partial charge in [0.15, 0.2) is 0 Å².